The lowest BCUT2D eigenvalue weighted by Gasteiger charge is -2.43. The fourth-order valence-corrected chi connectivity index (χ4v) is 8.52. The van der Waals surface area contributed by atoms with Gasteiger partial charge in [0, 0.05) is 31.5 Å². The molecule has 1 fully saturated rings. The Balaban J connectivity index is 2.55. The van der Waals surface area contributed by atoms with Crippen molar-refractivity contribution in [2.45, 2.75) is 34.6 Å². The molecule has 1 aromatic rings. The molecule has 1 aliphatic heterocycles. The highest BCUT2D eigenvalue weighted by Gasteiger charge is 2.35. The van der Waals surface area contributed by atoms with Crippen LogP contribution in [0.25, 0.3) is 0 Å². The fourth-order valence-electron chi connectivity index (χ4n) is 4.10. The van der Waals surface area contributed by atoms with Crippen molar-refractivity contribution in [1.82, 2.24) is 14.2 Å². The van der Waals surface area contributed by atoms with E-state index in [1.807, 2.05) is 0 Å². The molecular weight excluding hydrogens is 385 g/mol. The molecule has 1 N–H and O–H groups in total. The van der Waals surface area contributed by atoms with Gasteiger partial charge >= 0.3 is 0 Å². The maximum Gasteiger partial charge on any atom is 0.197 e. The summed E-state index contributed by atoms with van der Waals surface area (Å²) in [6.45, 7) is 20.6. The minimum atomic E-state index is -2.11. The van der Waals surface area contributed by atoms with Gasteiger partial charge in [-0.15, -0.1) is 0 Å². The van der Waals surface area contributed by atoms with E-state index >= 15 is 0 Å². The van der Waals surface area contributed by atoms with Crippen LogP contribution in [0.15, 0.2) is 35.1 Å². The Hall–Kier alpha value is -0.780. The number of nitrogens with one attached hydrogen (secondary N) is 1. The molecule has 2 rings (SSSR count). The Bertz CT molecular complexity index is 634. The van der Waals surface area contributed by atoms with Crippen molar-refractivity contribution >= 4 is 30.0 Å². The molecule has 0 saturated carbocycles. The maximum absolute atomic E-state index is 5.95. The molecule has 0 spiro atoms. The molecule has 0 radical (unpaired) electrons. The van der Waals surface area contributed by atoms with E-state index in [4.69, 9.17) is 17.0 Å². The smallest absolute Gasteiger partial charge is 0.197 e. The molecule has 158 valence electrons. The Labute approximate surface area is 177 Å². The lowest BCUT2D eigenvalue weighted by molar-refractivity contribution is -0.902. The number of thiocarbonyl (C=S) groups is 1. The minimum absolute atomic E-state index is 0.797. The number of likely N-dealkylation sites (N-methyl/N-ethyl adjacent to an activating group) is 1. The Morgan fingerprint density at radius 2 is 1.46 bits per heavy atom. The Kier molecular flexibility index (Phi) is 9.58. The molecule has 0 aliphatic carbocycles. The summed E-state index contributed by atoms with van der Waals surface area (Å²) < 4.78 is 10.5. The number of hydrogen-bond donors (Lipinski definition) is 1. The molecule has 0 bridgehead atoms. The molecule has 28 heavy (non-hydrogen) atoms. The number of nitrogens with zero attached hydrogens (tertiary/aromatic N) is 4. The molecule has 1 aromatic carbocycles. The van der Waals surface area contributed by atoms with Crippen molar-refractivity contribution in [2.75, 3.05) is 58.9 Å². The maximum atomic E-state index is 5.95. The third kappa shape index (κ3) is 5.03. The summed E-state index contributed by atoms with van der Waals surface area (Å²) in [7, 11) is -2.11. The number of piperazine rings is 1. The van der Waals surface area contributed by atoms with Crippen LogP contribution in [-0.2, 0) is 0 Å². The summed E-state index contributed by atoms with van der Waals surface area (Å²) in [4.78, 5) is 4.00. The number of quaternary nitrogens is 1. The summed E-state index contributed by atoms with van der Waals surface area (Å²) in [5.74, 6) is 0. The van der Waals surface area contributed by atoms with Gasteiger partial charge in [-0.2, -0.15) is 0 Å². The molecule has 0 unspecified atom stereocenters. The van der Waals surface area contributed by atoms with Gasteiger partial charge in [0.1, 0.15) is 7.36 Å². The first-order valence-electron chi connectivity index (χ1n) is 10.9. The first-order valence-corrected chi connectivity index (χ1v) is 12.9. The molecule has 1 saturated heterocycles. The van der Waals surface area contributed by atoms with Crippen LogP contribution in [0.3, 0.4) is 0 Å². The van der Waals surface area contributed by atoms with Crippen molar-refractivity contribution in [3.63, 3.8) is 0 Å². The van der Waals surface area contributed by atoms with E-state index in [0.29, 0.717) is 0 Å². The molecule has 1 heterocycles. The van der Waals surface area contributed by atoms with Crippen molar-refractivity contribution in [1.29, 1.82) is 0 Å². The number of benzene rings is 1. The second-order valence-corrected chi connectivity index (χ2v) is 10.5. The van der Waals surface area contributed by atoms with E-state index in [9.17, 15) is 0 Å². The lowest BCUT2D eigenvalue weighted by atomic mass is 10.3. The van der Waals surface area contributed by atoms with Crippen LogP contribution in [0.1, 0.15) is 34.6 Å². The quantitative estimate of drug-likeness (QED) is 0.513. The first-order chi connectivity index (χ1) is 13.6. The standard InChI is InChI=1S/C21H38N5PS/c1-6-23-16-18-24(19-17-23)21(28)22-27(25(7-2)8-3,26(9-4)10-5)20-14-12-11-13-15-20/h11-15H,6-10,16-19H2,1-5H3/p+1. The van der Waals surface area contributed by atoms with Crippen LogP contribution in [0.4, 0.5) is 0 Å². The monoisotopic (exact) mass is 424 g/mol. The van der Waals surface area contributed by atoms with E-state index in [-0.39, 0.29) is 0 Å². The first kappa shape index (κ1) is 23.5. The van der Waals surface area contributed by atoms with Crippen molar-refractivity contribution < 1.29 is 4.90 Å². The second kappa shape index (κ2) is 11.4. The zero-order valence-corrected chi connectivity index (χ0v) is 20.1. The van der Waals surface area contributed by atoms with Gasteiger partial charge < -0.3 is 9.80 Å². The van der Waals surface area contributed by atoms with Gasteiger partial charge in [-0.1, -0.05) is 58.0 Å². The van der Waals surface area contributed by atoms with Gasteiger partial charge in [-0.05, 0) is 19.1 Å². The van der Waals surface area contributed by atoms with Crippen LogP contribution < -0.4 is 10.2 Å². The van der Waals surface area contributed by atoms with Crippen molar-refractivity contribution in [2.24, 2.45) is 4.74 Å². The van der Waals surface area contributed by atoms with Crippen LogP contribution >= 0.6 is 19.6 Å². The van der Waals surface area contributed by atoms with E-state index in [0.717, 1.165) is 57.5 Å². The van der Waals surface area contributed by atoms with Gasteiger partial charge in [-0.3, -0.25) is 9.34 Å². The van der Waals surface area contributed by atoms with Crippen LogP contribution in [0.5, 0.6) is 0 Å². The second-order valence-electron chi connectivity index (χ2n) is 7.15. The summed E-state index contributed by atoms with van der Waals surface area (Å²) in [5, 5.41) is 2.11. The normalized spacial score (nSPS) is 16.0. The highest BCUT2D eigenvalue weighted by molar-refractivity contribution is 7.81. The molecule has 0 amide bonds. The average Bonchev–Trinajstić information content (AvgIpc) is 2.75. The van der Waals surface area contributed by atoms with E-state index < -0.39 is 7.36 Å². The molecule has 7 heteroatoms. The third-order valence-corrected chi connectivity index (χ3v) is 10.5. The van der Waals surface area contributed by atoms with Crippen molar-refractivity contribution in [3.8, 4) is 0 Å². The van der Waals surface area contributed by atoms with Crippen LogP contribution in [0, 0.1) is 0 Å². The summed E-state index contributed by atoms with van der Waals surface area (Å²) >= 11 is 5.95. The van der Waals surface area contributed by atoms with E-state index in [2.05, 4.69) is 79.2 Å². The Morgan fingerprint density at radius 3 is 1.89 bits per heavy atom. The van der Waals surface area contributed by atoms with Gasteiger partial charge in [-0.25, -0.2) is 4.74 Å². The summed E-state index contributed by atoms with van der Waals surface area (Å²) in [6.07, 6.45) is 0. The molecule has 1 aliphatic rings. The van der Waals surface area contributed by atoms with E-state index in [1.54, 1.807) is 4.90 Å². The predicted molar refractivity (Wildman–Crippen MR) is 127 cm³/mol. The van der Waals surface area contributed by atoms with Gasteiger partial charge in [0.2, 0.25) is 0 Å². The van der Waals surface area contributed by atoms with Crippen LogP contribution in [0.2, 0.25) is 0 Å². The lowest BCUT2D eigenvalue weighted by Crippen LogP contribution is -3.14. The summed E-state index contributed by atoms with van der Waals surface area (Å²) in [6, 6.07) is 10.9. The zero-order valence-electron chi connectivity index (χ0n) is 18.4. The predicted octanol–water partition coefficient (Wildman–Crippen LogP) is 2.53. The molecule has 0 atom stereocenters. The third-order valence-electron chi connectivity index (χ3n) is 5.82. The topological polar surface area (TPSA) is 26.5 Å². The van der Waals surface area contributed by atoms with Crippen LogP contribution in [-0.4, -0.2) is 78.3 Å². The fraction of sp³-hybridized carbons (Fsp3) is 0.667. The molecule has 0 aromatic heterocycles. The minimum Gasteiger partial charge on any atom is -0.336 e. The number of hydrogen-bond acceptors (Lipinski definition) is 1. The van der Waals surface area contributed by atoms with Crippen molar-refractivity contribution in [3.05, 3.63) is 30.3 Å². The largest absolute Gasteiger partial charge is 0.336 e. The zero-order chi connectivity index (χ0) is 20.6. The highest BCUT2D eigenvalue weighted by atomic mass is 32.1. The average molecular weight is 425 g/mol. The SMILES string of the molecule is CCN(CC)P(=NC(=S)N1CC[NH+](CC)CC1)(c1ccccc1)N(CC)CC. The Morgan fingerprint density at radius 1 is 0.964 bits per heavy atom. The van der Waals surface area contributed by atoms with Gasteiger partial charge in [0.05, 0.1) is 32.7 Å². The van der Waals surface area contributed by atoms with Gasteiger partial charge in [0.15, 0.2) is 5.11 Å². The highest BCUT2D eigenvalue weighted by Crippen LogP contribution is 2.55. The summed E-state index contributed by atoms with van der Waals surface area (Å²) in [5.41, 5.74) is 0. The molecule has 5 nitrogen and oxygen atoms in total. The van der Waals surface area contributed by atoms with Gasteiger partial charge in [0.25, 0.3) is 0 Å². The number of rotatable bonds is 8. The van der Waals surface area contributed by atoms with E-state index in [1.165, 1.54) is 11.8 Å². The molecular formula is C21H39N5PS+.